The number of carbonyl (C=O) groups excluding carboxylic acids is 2. The van der Waals surface area contributed by atoms with Crippen LogP contribution in [0.1, 0.15) is 79.1 Å². The van der Waals surface area contributed by atoms with Gasteiger partial charge in [-0.3, -0.25) is 4.79 Å². The molecule has 2 amide bonds. The fourth-order valence-corrected chi connectivity index (χ4v) is 2.92. The highest BCUT2D eigenvalue weighted by atomic mass is 16.6. The Morgan fingerprint density at radius 3 is 1.85 bits per heavy atom. The monoisotopic (exact) mass is 555 g/mol. The lowest BCUT2D eigenvalue weighted by Crippen LogP contribution is -2.33. The second-order valence-corrected chi connectivity index (χ2v) is 10.5. The fraction of sp³-hybridized carbons (Fsp3) is 0.793. The molecule has 0 aromatic heterocycles. The lowest BCUT2D eigenvalue weighted by Gasteiger charge is -2.19. The van der Waals surface area contributed by atoms with Crippen molar-refractivity contribution in [3.8, 4) is 12.3 Å². The van der Waals surface area contributed by atoms with Gasteiger partial charge in [-0.05, 0) is 52.4 Å². The zero-order valence-corrected chi connectivity index (χ0v) is 24.7. The average Bonchev–Trinajstić information content (AvgIpc) is 3.69. The van der Waals surface area contributed by atoms with Gasteiger partial charge in [0, 0.05) is 18.7 Å². The minimum Gasteiger partial charge on any atom is -0.444 e. The number of nitrogens with two attached hydrogens (primary N) is 2. The number of allylic oxidation sites excluding steroid dienone is 2. The first-order chi connectivity index (χ1) is 18.5. The lowest BCUT2D eigenvalue weighted by atomic mass is 9.88. The molecule has 0 aliphatic heterocycles. The third-order valence-corrected chi connectivity index (χ3v) is 5.43. The molecule has 2 aliphatic carbocycles. The van der Waals surface area contributed by atoms with Gasteiger partial charge in [0.2, 0.25) is 5.91 Å². The Hall–Kier alpha value is -2.32. The molecular formula is C29H53N3O7. The van der Waals surface area contributed by atoms with Crippen LogP contribution in [0.2, 0.25) is 0 Å². The molecule has 0 unspecified atom stereocenters. The van der Waals surface area contributed by atoms with E-state index in [-0.39, 0.29) is 18.4 Å². The molecule has 0 atom stereocenters. The summed E-state index contributed by atoms with van der Waals surface area (Å²) < 4.78 is 25.7. The molecule has 2 aliphatic rings. The summed E-state index contributed by atoms with van der Waals surface area (Å²) in [5, 5.41) is 2.71. The number of hydrogen-bond acceptors (Lipinski definition) is 8. The quantitative estimate of drug-likeness (QED) is 0.182. The van der Waals surface area contributed by atoms with Crippen molar-refractivity contribution in [1.82, 2.24) is 5.32 Å². The fourth-order valence-electron chi connectivity index (χ4n) is 2.92. The summed E-state index contributed by atoms with van der Waals surface area (Å²) in [6.07, 6.45) is 13.4. The van der Waals surface area contributed by atoms with Crippen LogP contribution < -0.4 is 16.8 Å². The number of terminal acetylenes is 1. The van der Waals surface area contributed by atoms with Crippen molar-refractivity contribution in [2.24, 2.45) is 17.4 Å². The molecule has 2 fully saturated rings. The number of ether oxygens (including phenoxy) is 5. The predicted molar refractivity (Wildman–Crippen MR) is 153 cm³/mol. The summed E-state index contributed by atoms with van der Waals surface area (Å²) in [5.74, 6) is 3.07. The summed E-state index contributed by atoms with van der Waals surface area (Å²) in [7, 11) is 0. The maximum absolute atomic E-state index is 11.3. The van der Waals surface area contributed by atoms with Crippen LogP contribution in [0.4, 0.5) is 4.79 Å². The van der Waals surface area contributed by atoms with E-state index in [4.69, 9.17) is 41.6 Å². The van der Waals surface area contributed by atoms with E-state index >= 15 is 0 Å². The van der Waals surface area contributed by atoms with Crippen LogP contribution >= 0.6 is 0 Å². The third kappa shape index (κ3) is 28.5. The molecule has 5 N–H and O–H groups in total. The van der Waals surface area contributed by atoms with E-state index < -0.39 is 5.60 Å². The van der Waals surface area contributed by atoms with Crippen LogP contribution in [0.3, 0.4) is 0 Å². The SMILES string of the molecule is C#CCOCCOCCOCCOCCC(N)=O.CC(C)(C)OC(=O)NCCCC(N)=C1CC1.CC1CCC1. The Labute approximate surface area is 235 Å². The number of hydrogen-bond donors (Lipinski definition) is 3. The Morgan fingerprint density at radius 1 is 0.923 bits per heavy atom. The number of carbonyl (C=O) groups is 2. The molecular weight excluding hydrogens is 502 g/mol. The molecule has 10 nitrogen and oxygen atoms in total. The minimum absolute atomic E-state index is 0.237. The van der Waals surface area contributed by atoms with E-state index in [2.05, 4.69) is 18.2 Å². The molecule has 0 spiro atoms. The largest absolute Gasteiger partial charge is 0.444 e. The van der Waals surface area contributed by atoms with Crippen molar-refractivity contribution in [3.05, 3.63) is 11.3 Å². The number of primary amides is 1. The maximum atomic E-state index is 11.3. The molecule has 226 valence electrons. The molecule has 10 heteroatoms. The highest BCUT2D eigenvalue weighted by Gasteiger charge is 2.16. The van der Waals surface area contributed by atoms with Crippen LogP contribution in [-0.4, -0.2) is 77.0 Å². The first-order valence-corrected chi connectivity index (χ1v) is 14.0. The Kier molecular flexibility index (Phi) is 22.2. The summed E-state index contributed by atoms with van der Waals surface area (Å²) >= 11 is 0. The van der Waals surface area contributed by atoms with Crippen LogP contribution in [-0.2, 0) is 28.5 Å². The highest BCUT2D eigenvalue weighted by molar-refractivity contribution is 5.73. The number of rotatable bonds is 17. The van der Waals surface area contributed by atoms with Gasteiger partial charge in [0.05, 0.1) is 46.2 Å². The van der Waals surface area contributed by atoms with E-state index in [1.165, 1.54) is 24.8 Å². The van der Waals surface area contributed by atoms with Crippen molar-refractivity contribution >= 4 is 12.0 Å². The van der Waals surface area contributed by atoms with E-state index in [9.17, 15) is 9.59 Å². The zero-order chi connectivity index (χ0) is 29.4. The molecule has 0 bridgehead atoms. The summed E-state index contributed by atoms with van der Waals surface area (Å²) in [5.41, 5.74) is 12.7. The Balaban J connectivity index is 0.000000628. The van der Waals surface area contributed by atoms with E-state index in [1.807, 2.05) is 20.8 Å². The van der Waals surface area contributed by atoms with Crippen molar-refractivity contribution in [1.29, 1.82) is 0 Å². The van der Waals surface area contributed by atoms with Crippen LogP contribution in [0.5, 0.6) is 0 Å². The standard InChI is InChI=1S/C12H22N2O2.C12H21NO5.C5H10/c1-12(2,3)16-11(15)14-8-4-5-10(13)9-6-7-9;1-2-4-15-6-8-17-10-11-18-9-7-16-5-3-12(13)14;1-5-3-2-4-5/h4-8,13H2,1-3H3,(H,14,15);1H,3-11H2,(H2,13,14);5H,2-4H2,1H3. The Bertz CT molecular complexity index is 719. The summed E-state index contributed by atoms with van der Waals surface area (Å²) in [6, 6.07) is 0. The highest BCUT2D eigenvalue weighted by Crippen LogP contribution is 2.30. The van der Waals surface area contributed by atoms with Gasteiger partial charge in [-0.1, -0.05) is 37.7 Å². The van der Waals surface area contributed by atoms with Crippen LogP contribution in [0, 0.1) is 18.3 Å². The second-order valence-electron chi connectivity index (χ2n) is 10.5. The minimum atomic E-state index is -0.431. The topological polar surface area (TPSA) is 144 Å². The van der Waals surface area contributed by atoms with E-state index in [0.717, 1.165) is 37.3 Å². The van der Waals surface area contributed by atoms with Gasteiger partial charge < -0.3 is 40.5 Å². The van der Waals surface area contributed by atoms with Gasteiger partial charge in [0.15, 0.2) is 0 Å². The number of alkyl carbamates (subject to hydrolysis) is 1. The molecule has 2 rings (SSSR count). The van der Waals surface area contributed by atoms with Gasteiger partial charge in [-0.15, -0.1) is 6.42 Å². The van der Waals surface area contributed by atoms with Crippen LogP contribution in [0.25, 0.3) is 0 Å². The normalized spacial score (nSPS) is 14.0. The molecule has 0 aromatic carbocycles. The molecule has 0 saturated heterocycles. The number of nitrogens with one attached hydrogen (secondary N) is 1. The third-order valence-electron chi connectivity index (χ3n) is 5.43. The zero-order valence-electron chi connectivity index (χ0n) is 24.7. The van der Waals surface area contributed by atoms with Crippen molar-refractivity contribution in [3.63, 3.8) is 0 Å². The molecule has 0 heterocycles. The predicted octanol–water partition coefficient (Wildman–Crippen LogP) is 3.67. The molecule has 2 saturated carbocycles. The number of amides is 2. The van der Waals surface area contributed by atoms with Gasteiger partial charge in [0.1, 0.15) is 12.2 Å². The average molecular weight is 556 g/mol. The van der Waals surface area contributed by atoms with Crippen molar-refractivity contribution in [2.75, 3.05) is 59.4 Å². The molecule has 0 radical (unpaired) electrons. The second kappa shape index (κ2) is 23.6. The molecule has 39 heavy (non-hydrogen) atoms. The van der Waals surface area contributed by atoms with Crippen molar-refractivity contribution in [2.45, 2.75) is 84.7 Å². The van der Waals surface area contributed by atoms with Gasteiger partial charge in [-0.2, -0.15) is 0 Å². The lowest BCUT2D eigenvalue weighted by molar-refractivity contribution is -0.119. The van der Waals surface area contributed by atoms with Crippen molar-refractivity contribution < 1.29 is 33.3 Å². The van der Waals surface area contributed by atoms with Gasteiger partial charge in [0.25, 0.3) is 0 Å². The molecule has 0 aromatic rings. The van der Waals surface area contributed by atoms with Gasteiger partial charge >= 0.3 is 6.09 Å². The summed E-state index contributed by atoms with van der Waals surface area (Å²) in [6.45, 7) is 12.0. The van der Waals surface area contributed by atoms with E-state index in [0.29, 0.717) is 59.4 Å². The first kappa shape index (κ1) is 36.7. The van der Waals surface area contributed by atoms with Crippen LogP contribution in [0.15, 0.2) is 11.3 Å². The maximum Gasteiger partial charge on any atom is 0.407 e. The Morgan fingerprint density at radius 2 is 1.44 bits per heavy atom. The summed E-state index contributed by atoms with van der Waals surface area (Å²) in [4.78, 5) is 21.6. The van der Waals surface area contributed by atoms with E-state index in [1.54, 1.807) is 0 Å². The first-order valence-electron chi connectivity index (χ1n) is 14.0. The van der Waals surface area contributed by atoms with Gasteiger partial charge in [-0.25, -0.2) is 4.79 Å². The smallest absolute Gasteiger partial charge is 0.407 e.